The second-order valence-corrected chi connectivity index (χ2v) is 3.04. The quantitative estimate of drug-likeness (QED) is 0.553. The molecule has 0 aromatic carbocycles. The zero-order valence-corrected chi connectivity index (χ0v) is 7.76. The van der Waals surface area contributed by atoms with Gasteiger partial charge < -0.3 is 16.2 Å². The summed E-state index contributed by atoms with van der Waals surface area (Å²) in [6.07, 6.45) is 2.26. The van der Waals surface area contributed by atoms with Gasteiger partial charge in [-0.3, -0.25) is 0 Å². The third-order valence-corrected chi connectivity index (χ3v) is 1.96. The molecule has 0 aromatic heterocycles. The number of carbonyl (C=O) groups is 1. The molecule has 0 radical (unpaired) electrons. The second-order valence-electron chi connectivity index (χ2n) is 3.04. The van der Waals surface area contributed by atoms with Crippen LogP contribution in [-0.4, -0.2) is 16.9 Å². The summed E-state index contributed by atoms with van der Waals surface area (Å²) in [6, 6.07) is 0. The molecular weight excluding hydrogens is 156 g/mol. The van der Waals surface area contributed by atoms with Gasteiger partial charge in [0.25, 0.3) is 0 Å². The SMILES string of the molecule is CCCCC(N)(CC)NC(=O)O. The van der Waals surface area contributed by atoms with Crippen molar-refractivity contribution in [3.05, 3.63) is 0 Å². The van der Waals surface area contributed by atoms with Crippen LogP contribution < -0.4 is 11.1 Å². The van der Waals surface area contributed by atoms with Gasteiger partial charge in [0.2, 0.25) is 0 Å². The largest absolute Gasteiger partial charge is 0.465 e. The number of unbranched alkanes of at least 4 members (excludes halogenated alkanes) is 1. The summed E-state index contributed by atoms with van der Waals surface area (Å²) < 4.78 is 0. The molecule has 12 heavy (non-hydrogen) atoms. The first-order chi connectivity index (χ1) is 5.54. The summed E-state index contributed by atoms with van der Waals surface area (Å²) in [7, 11) is 0. The Kier molecular flexibility index (Phi) is 4.66. The van der Waals surface area contributed by atoms with Gasteiger partial charge in [0.15, 0.2) is 0 Å². The van der Waals surface area contributed by atoms with E-state index in [9.17, 15) is 4.79 Å². The molecule has 0 heterocycles. The molecule has 1 amide bonds. The summed E-state index contributed by atoms with van der Waals surface area (Å²) >= 11 is 0. The van der Waals surface area contributed by atoms with E-state index in [0.29, 0.717) is 12.8 Å². The van der Waals surface area contributed by atoms with E-state index in [1.54, 1.807) is 0 Å². The summed E-state index contributed by atoms with van der Waals surface area (Å²) in [6.45, 7) is 3.93. The number of nitrogens with one attached hydrogen (secondary N) is 1. The van der Waals surface area contributed by atoms with Gasteiger partial charge in [-0.1, -0.05) is 26.7 Å². The lowest BCUT2D eigenvalue weighted by atomic mass is 10.0. The predicted molar refractivity (Wildman–Crippen MR) is 47.9 cm³/mol. The maximum atomic E-state index is 10.3. The highest BCUT2D eigenvalue weighted by molar-refractivity contribution is 5.65. The Labute approximate surface area is 73.1 Å². The minimum absolute atomic E-state index is 0.624. The fourth-order valence-corrected chi connectivity index (χ4v) is 1.03. The number of hydrogen-bond acceptors (Lipinski definition) is 2. The average molecular weight is 174 g/mol. The number of rotatable bonds is 5. The Hall–Kier alpha value is -0.770. The zero-order chi connectivity index (χ0) is 9.61. The highest BCUT2D eigenvalue weighted by Crippen LogP contribution is 2.11. The smallest absolute Gasteiger partial charge is 0.406 e. The third kappa shape index (κ3) is 4.18. The van der Waals surface area contributed by atoms with Crippen LogP contribution in [0.15, 0.2) is 0 Å². The molecule has 0 bridgehead atoms. The molecule has 4 N–H and O–H groups in total. The summed E-state index contributed by atoms with van der Waals surface area (Å²) in [5, 5.41) is 10.8. The Balaban J connectivity index is 3.95. The van der Waals surface area contributed by atoms with Crippen LogP contribution in [0.4, 0.5) is 4.79 Å². The van der Waals surface area contributed by atoms with Crippen molar-refractivity contribution in [3.8, 4) is 0 Å². The van der Waals surface area contributed by atoms with Crippen molar-refractivity contribution in [2.45, 2.75) is 45.2 Å². The van der Waals surface area contributed by atoms with Gasteiger partial charge in [-0.05, 0) is 12.8 Å². The number of carboxylic acid groups (broad SMARTS) is 1. The van der Waals surface area contributed by atoms with Crippen molar-refractivity contribution in [1.29, 1.82) is 0 Å². The van der Waals surface area contributed by atoms with E-state index in [4.69, 9.17) is 10.8 Å². The lowest BCUT2D eigenvalue weighted by Gasteiger charge is -2.27. The van der Waals surface area contributed by atoms with Crippen molar-refractivity contribution in [2.24, 2.45) is 5.73 Å². The van der Waals surface area contributed by atoms with Crippen molar-refractivity contribution in [1.82, 2.24) is 5.32 Å². The lowest BCUT2D eigenvalue weighted by molar-refractivity contribution is 0.173. The van der Waals surface area contributed by atoms with Crippen LogP contribution >= 0.6 is 0 Å². The molecule has 4 nitrogen and oxygen atoms in total. The van der Waals surface area contributed by atoms with Crippen LogP contribution in [0.1, 0.15) is 39.5 Å². The molecular formula is C8H18N2O2. The van der Waals surface area contributed by atoms with Gasteiger partial charge in [0.05, 0.1) is 5.66 Å². The molecule has 0 aliphatic carbocycles. The lowest BCUT2D eigenvalue weighted by Crippen LogP contribution is -2.54. The fourth-order valence-electron chi connectivity index (χ4n) is 1.03. The Morgan fingerprint density at radius 3 is 2.50 bits per heavy atom. The summed E-state index contributed by atoms with van der Waals surface area (Å²) in [4.78, 5) is 10.3. The maximum Gasteiger partial charge on any atom is 0.406 e. The molecule has 1 atom stereocenters. The standard InChI is InChI=1S/C8H18N2O2/c1-3-5-6-8(9,4-2)10-7(11)12/h10H,3-6,9H2,1-2H3,(H,11,12). The Morgan fingerprint density at radius 1 is 1.58 bits per heavy atom. The molecule has 0 saturated carbocycles. The van der Waals surface area contributed by atoms with E-state index in [1.807, 2.05) is 6.92 Å². The fraction of sp³-hybridized carbons (Fsp3) is 0.875. The third-order valence-electron chi connectivity index (χ3n) is 1.96. The van der Waals surface area contributed by atoms with Gasteiger partial charge in [-0.15, -0.1) is 0 Å². The molecule has 1 unspecified atom stereocenters. The highest BCUT2D eigenvalue weighted by Gasteiger charge is 2.23. The van der Waals surface area contributed by atoms with Crippen LogP contribution in [0.5, 0.6) is 0 Å². The van der Waals surface area contributed by atoms with Gasteiger partial charge in [-0.25, -0.2) is 4.79 Å². The monoisotopic (exact) mass is 174 g/mol. The van der Waals surface area contributed by atoms with E-state index in [1.165, 1.54) is 0 Å². The molecule has 4 heteroatoms. The second kappa shape index (κ2) is 4.98. The maximum absolute atomic E-state index is 10.3. The highest BCUT2D eigenvalue weighted by atomic mass is 16.4. The Morgan fingerprint density at radius 2 is 2.17 bits per heavy atom. The van der Waals surface area contributed by atoms with Gasteiger partial charge in [0, 0.05) is 0 Å². The van der Waals surface area contributed by atoms with Crippen LogP contribution in [0.2, 0.25) is 0 Å². The summed E-state index contributed by atoms with van der Waals surface area (Å²) in [5.74, 6) is 0. The molecule has 0 aromatic rings. The van der Waals surface area contributed by atoms with Crippen molar-refractivity contribution < 1.29 is 9.90 Å². The van der Waals surface area contributed by atoms with E-state index >= 15 is 0 Å². The molecule has 72 valence electrons. The topological polar surface area (TPSA) is 75.3 Å². The van der Waals surface area contributed by atoms with Crippen LogP contribution in [-0.2, 0) is 0 Å². The molecule has 0 fully saturated rings. The summed E-state index contributed by atoms with van der Waals surface area (Å²) in [5.41, 5.74) is 5.06. The average Bonchev–Trinajstić information content (AvgIpc) is 2.00. The van der Waals surface area contributed by atoms with Crippen molar-refractivity contribution in [2.75, 3.05) is 0 Å². The first kappa shape index (κ1) is 11.2. The minimum atomic E-state index is -1.05. The number of nitrogens with two attached hydrogens (primary N) is 1. The van der Waals surface area contributed by atoms with Crippen LogP contribution in [0.3, 0.4) is 0 Å². The molecule has 0 aliphatic rings. The minimum Gasteiger partial charge on any atom is -0.465 e. The van der Waals surface area contributed by atoms with Crippen molar-refractivity contribution >= 4 is 6.09 Å². The first-order valence-corrected chi connectivity index (χ1v) is 4.34. The molecule has 0 saturated heterocycles. The van der Waals surface area contributed by atoms with Crippen molar-refractivity contribution in [3.63, 3.8) is 0 Å². The Bertz CT molecular complexity index is 150. The molecule has 0 aliphatic heterocycles. The normalized spacial score (nSPS) is 15.2. The van der Waals surface area contributed by atoms with E-state index in [0.717, 1.165) is 12.8 Å². The van der Waals surface area contributed by atoms with E-state index in [2.05, 4.69) is 12.2 Å². The van der Waals surface area contributed by atoms with Gasteiger partial charge in [-0.2, -0.15) is 0 Å². The predicted octanol–water partition coefficient (Wildman–Crippen LogP) is 1.51. The van der Waals surface area contributed by atoms with Gasteiger partial charge >= 0.3 is 6.09 Å². The van der Waals surface area contributed by atoms with Crippen LogP contribution in [0.25, 0.3) is 0 Å². The van der Waals surface area contributed by atoms with E-state index < -0.39 is 11.8 Å². The first-order valence-electron chi connectivity index (χ1n) is 4.34. The number of hydrogen-bond donors (Lipinski definition) is 3. The zero-order valence-electron chi connectivity index (χ0n) is 7.76. The van der Waals surface area contributed by atoms with Crippen LogP contribution in [0, 0.1) is 0 Å². The molecule has 0 rings (SSSR count). The number of amides is 1. The molecule has 0 spiro atoms. The van der Waals surface area contributed by atoms with E-state index in [-0.39, 0.29) is 0 Å². The van der Waals surface area contributed by atoms with Gasteiger partial charge in [0.1, 0.15) is 0 Å².